The molecule has 0 atom stereocenters. The molecule has 0 spiro atoms. The van der Waals surface area contributed by atoms with Crippen LogP contribution in [0.4, 0.5) is 0 Å². The van der Waals surface area contributed by atoms with Crippen LogP contribution in [0.1, 0.15) is 40.5 Å². The number of fused-ring (bicyclic) bond motifs is 1. The van der Waals surface area contributed by atoms with E-state index in [0.29, 0.717) is 31.5 Å². The highest BCUT2D eigenvalue weighted by Crippen LogP contribution is 2.38. The molecule has 0 radical (unpaired) electrons. The maximum absolute atomic E-state index is 12.7. The van der Waals surface area contributed by atoms with Gasteiger partial charge in [-0.25, -0.2) is 0 Å². The number of ether oxygens (including phenoxy) is 2. The van der Waals surface area contributed by atoms with Crippen molar-refractivity contribution in [2.24, 2.45) is 0 Å². The molecule has 140 valence electrons. The quantitative estimate of drug-likeness (QED) is 0.825. The molecule has 0 unspecified atom stereocenters. The van der Waals surface area contributed by atoms with E-state index in [9.17, 15) is 4.79 Å². The Morgan fingerprint density at radius 1 is 1.00 bits per heavy atom. The lowest BCUT2D eigenvalue weighted by atomic mass is 10.1. The number of hydrogen-bond acceptors (Lipinski definition) is 6. The summed E-state index contributed by atoms with van der Waals surface area (Å²) >= 11 is 0. The van der Waals surface area contributed by atoms with Gasteiger partial charge >= 0.3 is 0 Å². The standard InChI is InChI=1S/C20H22N4O3/c25-20(17-5-4-16(21-22-17)15-2-3-15)24-9-7-23(8-10-24)12-14-1-6-18-19(11-14)27-13-26-18/h1,4-6,11,15H,2-3,7-10,12-13H2. The zero-order valence-corrected chi connectivity index (χ0v) is 15.1. The SMILES string of the molecule is O=C(c1ccc(C2CC2)nn1)N1CCN(Cc2ccc3c(c2)OCO3)CC1. The van der Waals surface area contributed by atoms with Gasteiger partial charge in [0, 0.05) is 38.6 Å². The molecule has 5 rings (SSSR count). The second-order valence-electron chi connectivity index (χ2n) is 7.37. The smallest absolute Gasteiger partial charge is 0.274 e. The summed E-state index contributed by atoms with van der Waals surface area (Å²) in [6.07, 6.45) is 2.38. The fraction of sp³-hybridized carbons (Fsp3) is 0.450. The maximum Gasteiger partial charge on any atom is 0.274 e. The second-order valence-corrected chi connectivity index (χ2v) is 7.37. The van der Waals surface area contributed by atoms with Crippen LogP contribution in [0.15, 0.2) is 30.3 Å². The van der Waals surface area contributed by atoms with Gasteiger partial charge in [0.1, 0.15) is 0 Å². The number of piperazine rings is 1. The minimum atomic E-state index is -0.0208. The Hall–Kier alpha value is -2.67. The summed E-state index contributed by atoms with van der Waals surface area (Å²) < 4.78 is 10.8. The van der Waals surface area contributed by atoms with Crippen LogP contribution < -0.4 is 9.47 Å². The van der Waals surface area contributed by atoms with Gasteiger partial charge in [-0.15, -0.1) is 5.10 Å². The fourth-order valence-electron chi connectivity index (χ4n) is 3.62. The van der Waals surface area contributed by atoms with Crippen molar-refractivity contribution in [3.05, 3.63) is 47.3 Å². The van der Waals surface area contributed by atoms with E-state index in [1.54, 1.807) is 0 Å². The molecule has 27 heavy (non-hydrogen) atoms. The maximum atomic E-state index is 12.7. The van der Waals surface area contributed by atoms with Crippen molar-refractivity contribution < 1.29 is 14.3 Å². The van der Waals surface area contributed by atoms with Crippen molar-refractivity contribution in [2.75, 3.05) is 33.0 Å². The molecule has 0 N–H and O–H groups in total. The summed E-state index contributed by atoms with van der Waals surface area (Å²) in [5, 5.41) is 8.38. The van der Waals surface area contributed by atoms with E-state index >= 15 is 0 Å². The number of aromatic nitrogens is 2. The normalized spacial score (nSPS) is 19.3. The fourth-order valence-corrected chi connectivity index (χ4v) is 3.62. The number of rotatable bonds is 4. The first kappa shape index (κ1) is 16.5. The lowest BCUT2D eigenvalue weighted by Gasteiger charge is -2.34. The molecule has 3 heterocycles. The molecule has 1 aromatic heterocycles. The molecule has 7 heteroatoms. The molecule has 1 amide bonds. The van der Waals surface area contributed by atoms with Gasteiger partial charge in [-0.2, -0.15) is 5.10 Å². The van der Waals surface area contributed by atoms with Gasteiger partial charge in [-0.3, -0.25) is 9.69 Å². The van der Waals surface area contributed by atoms with Crippen molar-refractivity contribution in [3.8, 4) is 11.5 Å². The Morgan fingerprint density at radius 3 is 2.56 bits per heavy atom. The first-order valence-electron chi connectivity index (χ1n) is 9.50. The van der Waals surface area contributed by atoms with E-state index in [1.807, 2.05) is 29.2 Å². The number of nitrogens with zero attached hydrogens (tertiary/aromatic N) is 4. The Labute approximate surface area is 157 Å². The lowest BCUT2D eigenvalue weighted by Crippen LogP contribution is -2.48. The summed E-state index contributed by atoms with van der Waals surface area (Å²) in [6.45, 7) is 4.23. The van der Waals surface area contributed by atoms with E-state index in [2.05, 4.69) is 21.2 Å². The van der Waals surface area contributed by atoms with Crippen molar-refractivity contribution in [2.45, 2.75) is 25.3 Å². The molecule has 0 bridgehead atoms. The Bertz CT molecular complexity index is 843. The molecule has 3 aliphatic rings. The minimum Gasteiger partial charge on any atom is -0.454 e. The average molecular weight is 366 g/mol. The summed E-state index contributed by atoms with van der Waals surface area (Å²) in [5.41, 5.74) is 2.66. The summed E-state index contributed by atoms with van der Waals surface area (Å²) in [7, 11) is 0. The Kier molecular flexibility index (Phi) is 4.16. The number of carbonyl (C=O) groups excluding carboxylic acids is 1. The van der Waals surface area contributed by atoms with Crippen molar-refractivity contribution in [3.63, 3.8) is 0 Å². The van der Waals surface area contributed by atoms with Crippen molar-refractivity contribution in [1.82, 2.24) is 20.0 Å². The van der Waals surface area contributed by atoms with Crippen LogP contribution in [0.3, 0.4) is 0 Å². The van der Waals surface area contributed by atoms with Crippen LogP contribution in [-0.2, 0) is 6.54 Å². The van der Waals surface area contributed by atoms with Crippen LogP contribution in [-0.4, -0.2) is 58.9 Å². The molecule has 2 aliphatic heterocycles. The van der Waals surface area contributed by atoms with E-state index in [-0.39, 0.29) is 5.91 Å². The summed E-state index contributed by atoms with van der Waals surface area (Å²) in [5.74, 6) is 2.16. The molecule has 1 saturated carbocycles. The van der Waals surface area contributed by atoms with Gasteiger partial charge < -0.3 is 14.4 Å². The predicted octanol–water partition coefficient (Wildman–Crippen LogP) is 2.04. The van der Waals surface area contributed by atoms with Crippen LogP contribution in [0.2, 0.25) is 0 Å². The van der Waals surface area contributed by atoms with E-state index in [0.717, 1.165) is 36.8 Å². The molecular formula is C20H22N4O3. The monoisotopic (exact) mass is 366 g/mol. The molecule has 1 aromatic carbocycles. The van der Waals surface area contributed by atoms with Gasteiger partial charge in [-0.05, 0) is 42.7 Å². The van der Waals surface area contributed by atoms with Gasteiger partial charge in [0.2, 0.25) is 6.79 Å². The predicted molar refractivity (Wildman–Crippen MR) is 97.8 cm³/mol. The number of amides is 1. The minimum absolute atomic E-state index is 0.0208. The highest BCUT2D eigenvalue weighted by atomic mass is 16.7. The van der Waals surface area contributed by atoms with Crippen molar-refractivity contribution >= 4 is 5.91 Å². The van der Waals surface area contributed by atoms with Crippen molar-refractivity contribution in [1.29, 1.82) is 0 Å². The van der Waals surface area contributed by atoms with Gasteiger partial charge in [-0.1, -0.05) is 6.07 Å². The Balaban J connectivity index is 1.16. The zero-order chi connectivity index (χ0) is 18.2. The second kappa shape index (κ2) is 6.81. The number of carbonyl (C=O) groups is 1. The molecular weight excluding hydrogens is 344 g/mol. The molecule has 2 fully saturated rings. The van der Waals surface area contributed by atoms with E-state index < -0.39 is 0 Å². The highest BCUT2D eigenvalue weighted by molar-refractivity contribution is 5.92. The van der Waals surface area contributed by atoms with E-state index in [1.165, 1.54) is 18.4 Å². The van der Waals surface area contributed by atoms with Gasteiger partial charge in [0.25, 0.3) is 5.91 Å². The first-order valence-corrected chi connectivity index (χ1v) is 9.50. The summed E-state index contributed by atoms with van der Waals surface area (Å²) in [4.78, 5) is 16.9. The molecule has 7 nitrogen and oxygen atoms in total. The number of benzene rings is 1. The lowest BCUT2D eigenvalue weighted by molar-refractivity contribution is 0.0621. The summed E-state index contributed by atoms with van der Waals surface area (Å²) in [6, 6.07) is 9.84. The van der Waals surface area contributed by atoms with Gasteiger partial charge in [0.15, 0.2) is 17.2 Å². The van der Waals surface area contributed by atoms with E-state index in [4.69, 9.17) is 9.47 Å². The Morgan fingerprint density at radius 2 is 1.81 bits per heavy atom. The third-order valence-electron chi connectivity index (χ3n) is 5.40. The highest BCUT2D eigenvalue weighted by Gasteiger charge is 2.27. The first-order chi connectivity index (χ1) is 13.3. The third kappa shape index (κ3) is 3.47. The topological polar surface area (TPSA) is 67.8 Å². The molecule has 2 aromatic rings. The van der Waals surface area contributed by atoms with Gasteiger partial charge in [0.05, 0.1) is 5.69 Å². The zero-order valence-electron chi connectivity index (χ0n) is 15.1. The molecule has 1 saturated heterocycles. The van der Waals surface area contributed by atoms with Crippen LogP contribution in [0.25, 0.3) is 0 Å². The average Bonchev–Trinajstić information content (AvgIpc) is 3.46. The van der Waals surface area contributed by atoms with Crippen LogP contribution in [0, 0.1) is 0 Å². The number of hydrogen-bond donors (Lipinski definition) is 0. The van der Waals surface area contributed by atoms with Crippen LogP contribution >= 0.6 is 0 Å². The molecule has 1 aliphatic carbocycles. The van der Waals surface area contributed by atoms with Crippen LogP contribution in [0.5, 0.6) is 11.5 Å². The largest absolute Gasteiger partial charge is 0.454 e. The third-order valence-corrected chi connectivity index (χ3v) is 5.40.